The molecule has 0 bridgehead atoms. The Morgan fingerprint density at radius 1 is 1.22 bits per heavy atom. The normalized spacial score (nSPS) is 17.7. The van der Waals surface area contributed by atoms with Gasteiger partial charge in [-0.3, -0.25) is 9.69 Å². The number of amides is 1. The van der Waals surface area contributed by atoms with Crippen molar-refractivity contribution in [2.45, 2.75) is 12.5 Å². The number of carbonyl (C=O) groups excluding carboxylic acids is 1. The van der Waals surface area contributed by atoms with E-state index in [9.17, 15) is 9.18 Å². The van der Waals surface area contributed by atoms with Gasteiger partial charge in [0.1, 0.15) is 11.6 Å². The standard InChI is InChI=1S/C21H26FN3O2/c1-24-11-12-25(15-19(24)16-6-3-2-4-7-16)21(26)18-14-17(22)8-9-20(18)27-13-5-10-23/h2-4,6-9,14,19H,5,10-13,15,23H2,1H3. The molecule has 0 aromatic heterocycles. The molecule has 1 saturated heterocycles. The Balaban J connectivity index is 1.80. The lowest BCUT2D eigenvalue weighted by molar-refractivity contribution is 0.0542. The Labute approximate surface area is 159 Å². The number of hydrogen-bond donors (Lipinski definition) is 1. The van der Waals surface area contributed by atoms with Crippen molar-refractivity contribution in [2.75, 3.05) is 39.8 Å². The molecule has 1 amide bonds. The van der Waals surface area contributed by atoms with Crippen molar-refractivity contribution < 1.29 is 13.9 Å². The zero-order valence-electron chi connectivity index (χ0n) is 15.6. The Hall–Kier alpha value is -2.44. The third-order valence-corrected chi connectivity index (χ3v) is 4.90. The summed E-state index contributed by atoms with van der Waals surface area (Å²) in [7, 11) is 2.06. The second-order valence-electron chi connectivity index (χ2n) is 6.79. The molecule has 1 aliphatic heterocycles. The summed E-state index contributed by atoms with van der Waals surface area (Å²) >= 11 is 0. The van der Waals surface area contributed by atoms with Gasteiger partial charge in [-0.15, -0.1) is 0 Å². The van der Waals surface area contributed by atoms with Crippen molar-refractivity contribution >= 4 is 5.91 Å². The fraction of sp³-hybridized carbons (Fsp3) is 0.381. The zero-order valence-corrected chi connectivity index (χ0v) is 15.6. The van der Waals surface area contributed by atoms with Crippen molar-refractivity contribution in [2.24, 2.45) is 5.73 Å². The summed E-state index contributed by atoms with van der Waals surface area (Å²) < 4.78 is 19.5. The monoisotopic (exact) mass is 371 g/mol. The molecule has 1 unspecified atom stereocenters. The molecule has 0 saturated carbocycles. The molecule has 2 aromatic carbocycles. The van der Waals surface area contributed by atoms with Crippen molar-refractivity contribution in [1.82, 2.24) is 9.80 Å². The maximum atomic E-state index is 13.8. The number of ether oxygens (including phenoxy) is 1. The SMILES string of the molecule is CN1CCN(C(=O)c2cc(F)ccc2OCCCN)CC1c1ccccc1. The summed E-state index contributed by atoms with van der Waals surface area (Å²) in [5.74, 6) is -0.241. The van der Waals surface area contributed by atoms with Gasteiger partial charge in [0.05, 0.1) is 18.2 Å². The van der Waals surface area contributed by atoms with Crippen LogP contribution >= 0.6 is 0 Å². The molecule has 1 heterocycles. The highest BCUT2D eigenvalue weighted by atomic mass is 19.1. The maximum Gasteiger partial charge on any atom is 0.257 e. The Bertz CT molecular complexity index is 769. The quantitative estimate of drug-likeness (QED) is 0.793. The smallest absolute Gasteiger partial charge is 0.257 e. The second kappa shape index (κ2) is 8.97. The van der Waals surface area contributed by atoms with Crippen LogP contribution in [0.15, 0.2) is 48.5 Å². The first kappa shape index (κ1) is 19.3. The molecule has 1 fully saturated rings. The van der Waals surface area contributed by atoms with Crippen molar-refractivity contribution in [3.8, 4) is 5.75 Å². The predicted octanol–water partition coefficient (Wildman–Crippen LogP) is 2.68. The molecular weight excluding hydrogens is 345 g/mol. The topological polar surface area (TPSA) is 58.8 Å². The Morgan fingerprint density at radius 2 is 2.00 bits per heavy atom. The summed E-state index contributed by atoms with van der Waals surface area (Å²) in [6, 6.07) is 14.3. The van der Waals surface area contributed by atoms with Gasteiger partial charge in [0.15, 0.2) is 0 Å². The number of rotatable bonds is 6. The van der Waals surface area contributed by atoms with Gasteiger partial charge in [-0.05, 0) is 43.8 Å². The fourth-order valence-corrected chi connectivity index (χ4v) is 3.32. The van der Waals surface area contributed by atoms with Crippen LogP contribution in [0.4, 0.5) is 4.39 Å². The van der Waals surface area contributed by atoms with Crippen LogP contribution in [0.3, 0.4) is 0 Å². The Kier molecular flexibility index (Phi) is 6.42. The van der Waals surface area contributed by atoms with Crippen molar-refractivity contribution in [3.63, 3.8) is 0 Å². The average molecular weight is 371 g/mol. The lowest BCUT2D eigenvalue weighted by atomic mass is 10.0. The fourth-order valence-electron chi connectivity index (χ4n) is 3.32. The van der Waals surface area contributed by atoms with E-state index in [1.54, 1.807) is 4.90 Å². The van der Waals surface area contributed by atoms with Crippen LogP contribution in [0.5, 0.6) is 5.75 Å². The summed E-state index contributed by atoms with van der Waals surface area (Å²) in [5, 5.41) is 0. The van der Waals surface area contributed by atoms with Crippen LogP contribution in [-0.2, 0) is 0 Å². The number of benzene rings is 2. The molecule has 3 rings (SSSR count). The van der Waals surface area contributed by atoms with Crippen LogP contribution in [0.1, 0.15) is 28.4 Å². The van der Waals surface area contributed by atoms with E-state index in [0.29, 0.717) is 38.4 Å². The van der Waals surface area contributed by atoms with E-state index in [1.807, 2.05) is 18.2 Å². The van der Waals surface area contributed by atoms with E-state index in [0.717, 1.165) is 12.1 Å². The van der Waals surface area contributed by atoms with E-state index < -0.39 is 5.82 Å². The molecule has 0 spiro atoms. The van der Waals surface area contributed by atoms with Crippen molar-refractivity contribution in [3.05, 3.63) is 65.5 Å². The molecule has 27 heavy (non-hydrogen) atoms. The third kappa shape index (κ3) is 4.64. The number of piperazine rings is 1. The van der Waals surface area contributed by atoms with E-state index in [1.165, 1.54) is 18.2 Å². The lowest BCUT2D eigenvalue weighted by Gasteiger charge is -2.40. The minimum absolute atomic E-state index is 0.110. The number of carbonyl (C=O) groups is 1. The van der Waals surface area contributed by atoms with E-state index >= 15 is 0 Å². The number of nitrogens with two attached hydrogens (primary N) is 1. The van der Waals surface area contributed by atoms with Gasteiger partial charge in [-0.1, -0.05) is 30.3 Å². The number of halogens is 1. The van der Waals surface area contributed by atoms with Crippen LogP contribution in [-0.4, -0.2) is 55.5 Å². The summed E-state index contributed by atoms with van der Waals surface area (Å²) in [5.41, 5.74) is 6.93. The highest BCUT2D eigenvalue weighted by Crippen LogP contribution is 2.27. The molecule has 1 atom stereocenters. The van der Waals surface area contributed by atoms with Gasteiger partial charge in [-0.25, -0.2) is 4.39 Å². The van der Waals surface area contributed by atoms with Crippen LogP contribution in [0.2, 0.25) is 0 Å². The average Bonchev–Trinajstić information content (AvgIpc) is 2.70. The molecule has 5 nitrogen and oxygen atoms in total. The van der Waals surface area contributed by atoms with Crippen molar-refractivity contribution in [1.29, 1.82) is 0 Å². The van der Waals surface area contributed by atoms with Gasteiger partial charge in [0.25, 0.3) is 5.91 Å². The summed E-state index contributed by atoms with van der Waals surface area (Å²) in [4.78, 5) is 17.1. The summed E-state index contributed by atoms with van der Waals surface area (Å²) in [6.07, 6.45) is 0.676. The molecule has 144 valence electrons. The highest BCUT2D eigenvalue weighted by molar-refractivity contribution is 5.97. The van der Waals surface area contributed by atoms with Crippen LogP contribution in [0, 0.1) is 5.82 Å². The van der Waals surface area contributed by atoms with Gasteiger partial charge in [0.2, 0.25) is 0 Å². The summed E-state index contributed by atoms with van der Waals surface area (Å²) in [6.45, 7) is 2.80. The third-order valence-electron chi connectivity index (χ3n) is 4.90. The van der Waals surface area contributed by atoms with E-state index in [2.05, 4.69) is 24.1 Å². The largest absolute Gasteiger partial charge is 0.493 e. The number of nitrogens with zero attached hydrogens (tertiary/aromatic N) is 2. The Morgan fingerprint density at radius 3 is 2.74 bits per heavy atom. The van der Waals surface area contributed by atoms with Gasteiger partial charge in [-0.2, -0.15) is 0 Å². The second-order valence-corrected chi connectivity index (χ2v) is 6.79. The molecule has 2 N–H and O–H groups in total. The maximum absolute atomic E-state index is 13.8. The number of hydrogen-bond acceptors (Lipinski definition) is 4. The first-order chi connectivity index (χ1) is 13.1. The molecule has 0 aliphatic carbocycles. The van der Waals surface area contributed by atoms with E-state index in [4.69, 9.17) is 10.5 Å². The predicted molar refractivity (Wildman–Crippen MR) is 103 cm³/mol. The minimum atomic E-state index is -0.446. The lowest BCUT2D eigenvalue weighted by Crippen LogP contribution is -2.49. The first-order valence-electron chi connectivity index (χ1n) is 9.27. The molecule has 6 heteroatoms. The molecule has 1 aliphatic rings. The first-order valence-corrected chi connectivity index (χ1v) is 9.27. The van der Waals surface area contributed by atoms with Gasteiger partial charge >= 0.3 is 0 Å². The highest BCUT2D eigenvalue weighted by Gasteiger charge is 2.30. The van der Waals surface area contributed by atoms with Crippen LogP contribution < -0.4 is 10.5 Å². The molecular formula is C21H26FN3O2. The molecule has 2 aromatic rings. The number of likely N-dealkylation sites (N-methyl/N-ethyl adjacent to an activating group) is 1. The van der Waals surface area contributed by atoms with Crippen LogP contribution in [0.25, 0.3) is 0 Å². The zero-order chi connectivity index (χ0) is 19.2. The van der Waals surface area contributed by atoms with Gasteiger partial charge < -0.3 is 15.4 Å². The molecule has 0 radical (unpaired) electrons. The minimum Gasteiger partial charge on any atom is -0.493 e. The van der Waals surface area contributed by atoms with E-state index in [-0.39, 0.29) is 17.5 Å². The van der Waals surface area contributed by atoms with Gasteiger partial charge in [0, 0.05) is 19.6 Å².